The molecule has 1 saturated heterocycles. The molecule has 1 fully saturated rings. The van der Waals surface area contributed by atoms with Crippen molar-refractivity contribution in [1.29, 1.82) is 0 Å². The normalized spacial score (nSPS) is 15.0. The smallest absolute Gasteiger partial charge is 0.253 e. The fraction of sp³-hybridized carbons (Fsp3) is 0.300. The lowest BCUT2D eigenvalue weighted by Gasteiger charge is -2.31. The summed E-state index contributed by atoms with van der Waals surface area (Å²) in [6.07, 6.45) is 1.36. The summed E-state index contributed by atoms with van der Waals surface area (Å²) in [7, 11) is 1.58. The van der Waals surface area contributed by atoms with Crippen molar-refractivity contribution < 1.29 is 14.3 Å². The molecule has 1 heterocycles. The highest BCUT2D eigenvalue weighted by Crippen LogP contribution is 2.24. The number of likely N-dealkylation sites (tertiary alicyclic amines) is 1. The maximum absolute atomic E-state index is 12.6. The number of nitrogens with zero attached hydrogens (tertiary/aromatic N) is 1. The van der Waals surface area contributed by atoms with Crippen LogP contribution in [0.25, 0.3) is 0 Å². The van der Waals surface area contributed by atoms with Gasteiger partial charge in [-0.2, -0.15) is 0 Å². The summed E-state index contributed by atoms with van der Waals surface area (Å²) in [5.74, 6) is 0.732. The Morgan fingerprint density at radius 3 is 2.36 bits per heavy atom. The zero-order valence-electron chi connectivity index (χ0n) is 14.1. The molecule has 0 atom stereocenters. The number of methoxy groups -OCH3 is 1. The molecule has 25 heavy (non-hydrogen) atoms. The molecule has 0 bridgehead atoms. The fourth-order valence-electron chi connectivity index (χ4n) is 3.13. The van der Waals surface area contributed by atoms with Crippen LogP contribution in [0.15, 0.2) is 48.5 Å². The summed E-state index contributed by atoms with van der Waals surface area (Å²) in [4.78, 5) is 27.0. The largest absolute Gasteiger partial charge is 0.497 e. The van der Waals surface area contributed by atoms with Crippen LogP contribution in [0.3, 0.4) is 0 Å². The van der Waals surface area contributed by atoms with E-state index in [1.165, 1.54) is 0 Å². The molecule has 2 aromatic carbocycles. The van der Waals surface area contributed by atoms with Crippen molar-refractivity contribution in [3.05, 3.63) is 64.7 Å². The molecule has 3 rings (SSSR count). The molecular weight excluding hydrogens is 338 g/mol. The molecule has 130 valence electrons. The van der Waals surface area contributed by atoms with Gasteiger partial charge < -0.3 is 9.64 Å². The van der Waals surface area contributed by atoms with Gasteiger partial charge in [0.25, 0.3) is 5.91 Å². The van der Waals surface area contributed by atoms with E-state index in [-0.39, 0.29) is 17.6 Å². The second-order valence-corrected chi connectivity index (χ2v) is 6.61. The first-order valence-corrected chi connectivity index (χ1v) is 8.69. The van der Waals surface area contributed by atoms with Gasteiger partial charge in [-0.15, -0.1) is 0 Å². The summed E-state index contributed by atoms with van der Waals surface area (Å²) in [6.45, 7) is 1.17. The lowest BCUT2D eigenvalue weighted by atomic mass is 9.88. The zero-order chi connectivity index (χ0) is 17.8. The second-order valence-electron chi connectivity index (χ2n) is 6.17. The molecule has 0 unspecified atom stereocenters. The first-order valence-electron chi connectivity index (χ1n) is 8.31. The van der Waals surface area contributed by atoms with E-state index in [4.69, 9.17) is 16.3 Å². The van der Waals surface area contributed by atoms with Gasteiger partial charge >= 0.3 is 0 Å². The Kier molecular flexibility index (Phi) is 5.39. The number of benzene rings is 2. The molecule has 0 radical (unpaired) electrons. The van der Waals surface area contributed by atoms with Crippen LogP contribution in [0.1, 0.15) is 33.6 Å². The maximum atomic E-state index is 12.6. The predicted octanol–water partition coefficient (Wildman–Crippen LogP) is 4.08. The quantitative estimate of drug-likeness (QED) is 0.774. The molecule has 0 spiro atoms. The van der Waals surface area contributed by atoms with Crippen LogP contribution >= 0.6 is 11.6 Å². The number of hydrogen-bond donors (Lipinski definition) is 0. The molecule has 2 aromatic rings. The van der Waals surface area contributed by atoms with Crippen molar-refractivity contribution in [3.8, 4) is 5.75 Å². The van der Waals surface area contributed by atoms with Crippen LogP contribution in [-0.2, 0) is 0 Å². The van der Waals surface area contributed by atoms with Gasteiger partial charge in [-0.25, -0.2) is 0 Å². The Hall–Kier alpha value is -2.33. The number of halogens is 1. The number of carbonyl (C=O) groups is 2. The number of hydrogen-bond acceptors (Lipinski definition) is 3. The van der Waals surface area contributed by atoms with Gasteiger partial charge in [-0.1, -0.05) is 17.7 Å². The van der Waals surface area contributed by atoms with E-state index in [0.717, 1.165) is 0 Å². The van der Waals surface area contributed by atoms with Crippen molar-refractivity contribution in [3.63, 3.8) is 0 Å². The molecule has 1 aliphatic rings. The van der Waals surface area contributed by atoms with Crippen LogP contribution in [0.4, 0.5) is 0 Å². The fourth-order valence-corrected chi connectivity index (χ4v) is 3.26. The molecule has 4 nitrogen and oxygen atoms in total. The van der Waals surface area contributed by atoms with E-state index < -0.39 is 0 Å². The van der Waals surface area contributed by atoms with Crippen molar-refractivity contribution in [1.82, 2.24) is 4.90 Å². The van der Waals surface area contributed by atoms with E-state index in [2.05, 4.69) is 0 Å². The van der Waals surface area contributed by atoms with Gasteiger partial charge in [-0.3, -0.25) is 9.59 Å². The molecular formula is C20H20ClNO3. The summed E-state index contributed by atoms with van der Waals surface area (Å²) < 4.78 is 5.17. The van der Waals surface area contributed by atoms with Gasteiger partial charge in [0.1, 0.15) is 5.75 Å². The third-order valence-corrected chi connectivity index (χ3v) is 4.85. The third kappa shape index (κ3) is 4.02. The molecule has 0 saturated carbocycles. The number of ketones is 1. The average Bonchev–Trinajstić information content (AvgIpc) is 2.67. The molecule has 0 N–H and O–H groups in total. The highest BCUT2D eigenvalue weighted by atomic mass is 35.5. The van der Waals surface area contributed by atoms with Crippen LogP contribution in [0.5, 0.6) is 5.75 Å². The number of piperidine rings is 1. The summed E-state index contributed by atoms with van der Waals surface area (Å²) in [6, 6.07) is 14.1. The minimum Gasteiger partial charge on any atom is -0.497 e. The third-order valence-electron chi connectivity index (χ3n) is 4.60. The van der Waals surface area contributed by atoms with Gasteiger partial charge in [0.15, 0.2) is 5.78 Å². The Bertz CT molecular complexity index is 765. The molecule has 1 aliphatic heterocycles. The van der Waals surface area contributed by atoms with Crippen LogP contribution < -0.4 is 4.74 Å². The van der Waals surface area contributed by atoms with Gasteiger partial charge in [0.05, 0.1) is 7.11 Å². The molecule has 0 aromatic heterocycles. The van der Waals surface area contributed by atoms with Gasteiger partial charge in [-0.05, 0) is 55.3 Å². The Balaban J connectivity index is 1.62. The van der Waals surface area contributed by atoms with Crippen molar-refractivity contribution in [2.24, 2.45) is 5.92 Å². The van der Waals surface area contributed by atoms with E-state index in [9.17, 15) is 9.59 Å². The van der Waals surface area contributed by atoms with E-state index in [0.29, 0.717) is 47.8 Å². The van der Waals surface area contributed by atoms with Crippen molar-refractivity contribution in [2.75, 3.05) is 20.2 Å². The maximum Gasteiger partial charge on any atom is 0.253 e. The highest BCUT2D eigenvalue weighted by Gasteiger charge is 2.28. The Morgan fingerprint density at radius 1 is 1.04 bits per heavy atom. The second kappa shape index (κ2) is 7.70. The van der Waals surface area contributed by atoms with E-state index >= 15 is 0 Å². The number of Topliss-reactive ketones (excluding diaryl/α,β-unsaturated/α-hetero) is 1. The van der Waals surface area contributed by atoms with Gasteiger partial charge in [0.2, 0.25) is 0 Å². The summed E-state index contributed by atoms with van der Waals surface area (Å²) in [5.41, 5.74) is 1.30. The number of ether oxygens (including phenoxy) is 1. The zero-order valence-corrected chi connectivity index (χ0v) is 14.8. The SMILES string of the molecule is COc1cccc(C(=O)N2CCC(C(=O)c3ccc(Cl)cc3)CC2)c1. The number of amides is 1. The van der Waals surface area contributed by atoms with Gasteiger partial charge in [0, 0.05) is 35.2 Å². The van der Waals surface area contributed by atoms with E-state index in [1.807, 2.05) is 12.1 Å². The Morgan fingerprint density at radius 2 is 1.72 bits per heavy atom. The van der Waals surface area contributed by atoms with Crippen LogP contribution in [0.2, 0.25) is 5.02 Å². The number of carbonyl (C=O) groups excluding carboxylic acids is 2. The first-order chi connectivity index (χ1) is 12.1. The number of rotatable bonds is 4. The van der Waals surface area contributed by atoms with Crippen LogP contribution in [0, 0.1) is 5.92 Å². The minimum absolute atomic E-state index is 0.0173. The van der Waals surface area contributed by atoms with Crippen molar-refractivity contribution in [2.45, 2.75) is 12.8 Å². The molecule has 5 heteroatoms. The highest BCUT2D eigenvalue weighted by molar-refractivity contribution is 6.30. The lowest BCUT2D eigenvalue weighted by Crippen LogP contribution is -2.40. The first kappa shape index (κ1) is 17.5. The predicted molar refractivity (Wildman–Crippen MR) is 97.4 cm³/mol. The topological polar surface area (TPSA) is 46.6 Å². The van der Waals surface area contributed by atoms with Crippen LogP contribution in [-0.4, -0.2) is 36.8 Å². The monoisotopic (exact) mass is 357 g/mol. The standard InChI is InChI=1S/C20H20ClNO3/c1-25-18-4-2-3-16(13-18)20(24)22-11-9-15(10-12-22)19(23)14-5-7-17(21)8-6-14/h2-8,13,15H,9-12H2,1H3. The summed E-state index contributed by atoms with van der Waals surface area (Å²) in [5, 5.41) is 0.621. The molecule has 1 amide bonds. The minimum atomic E-state index is -0.0458. The Labute approximate surface area is 152 Å². The van der Waals surface area contributed by atoms with Crippen molar-refractivity contribution >= 4 is 23.3 Å². The lowest BCUT2D eigenvalue weighted by molar-refractivity contribution is 0.0650. The summed E-state index contributed by atoms with van der Waals surface area (Å²) >= 11 is 5.87. The molecule has 0 aliphatic carbocycles. The van der Waals surface area contributed by atoms with E-state index in [1.54, 1.807) is 48.4 Å². The average molecular weight is 358 g/mol.